The molecule has 2 nitrogen and oxygen atoms in total. The lowest BCUT2D eigenvalue weighted by Gasteiger charge is -2.12. The maximum Gasteiger partial charge on any atom is 0.306 e. The van der Waals surface area contributed by atoms with E-state index in [1.807, 2.05) is 0 Å². The smallest absolute Gasteiger partial charge is 0.306 e. The minimum absolute atomic E-state index is 0.0960. The van der Waals surface area contributed by atoms with Gasteiger partial charge in [0.15, 0.2) is 0 Å². The molecule has 0 fully saturated rings. The van der Waals surface area contributed by atoms with Crippen molar-refractivity contribution in [3.63, 3.8) is 0 Å². The Morgan fingerprint density at radius 1 is 0.438 bits per heavy atom. The molecule has 0 aromatic heterocycles. The van der Waals surface area contributed by atoms with E-state index in [9.17, 15) is 9.90 Å². The number of carboxylic acid groups (broad SMARTS) is 1. The molecule has 0 bridgehead atoms. The summed E-state index contributed by atoms with van der Waals surface area (Å²) >= 11 is 0. The zero-order valence-electron chi connectivity index (χ0n) is 22.3. The quantitative estimate of drug-likeness (QED) is 0.126. The van der Waals surface area contributed by atoms with Gasteiger partial charge in [-0.15, -0.1) is 0 Å². The monoisotopic (exact) mass is 452 g/mol. The zero-order chi connectivity index (χ0) is 23.5. The van der Waals surface area contributed by atoms with E-state index in [1.165, 1.54) is 141 Å². The van der Waals surface area contributed by atoms with Gasteiger partial charge in [0.2, 0.25) is 0 Å². The third-order valence-electron chi connectivity index (χ3n) is 7.16. The van der Waals surface area contributed by atoms with E-state index in [1.54, 1.807) is 0 Å². The molecule has 0 saturated heterocycles. The Morgan fingerprint density at radius 3 is 0.875 bits per heavy atom. The summed E-state index contributed by atoms with van der Waals surface area (Å²) in [5.74, 6) is -0.656. The van der Waals surface area contributed by atoms with Gasteiger partial charge in [-0.2, -0.15) is 0 Å². The predicted molar refractivity (Wildman–Crippen MR) is 143 cm³/mol. The molecule has 0 rings (SSSR count). The van der Waals surface area contributed by atoms with Crippen LogP contribution >= 0.6 is 0 Å². The van der Waals surface area contributed by atoms with Crippen molar-refractivity contribution in [2.24, 2.45) is 5.92 Å². The van der Waals surface area contributed by atoms with Crippen LogP contribution in [0, 0.1) is 5.92 Å². The van der Waals surface area contributed by atoms with Crippen LogP contribution in [0.1, 0.15) is 181 Å². The van der Waals surface area contributed by atoms with Gasteiger partial charge < -0.3 is 5.11 Å². The van der Waals surface area contributed by atoms with Gasteiger partial charge in [0.1, 0.15) is 0 Å². The highest BCUT2D eigenvalue weighted by atomic mass is 16.4. The maximum atomic E-state index is 11.6. The first-order valence-corrected chi connectivity index (χ1v) is 14.9. The molecule has 0 saturated carbocycles. The molecule has 0 aliphatic carbocycles. The summed E-state index contributed by atoms with van der Waals surface area (Å²) in [4.78, 5) is 11.6. The Labute approximate surface area is 202 Å². The molecule has 0 radical (unpaired) electrons. The van der Waals surface area contributed by atoms with Crippen LogP contribution in [0.2, 0.25) is 0 Å². The van der Waals surface area contributed by atoms with Crippen LogP contribution < -0.4 is 0 Å². The van der Waals surface area contributed by atoms with E-state index < -0.39 is 5.97 Å². The van der Waals surface area contributed by atoms with Crippen molar-refractivity contribution in [1.82, 2.24) is 0 Å². The summed E-state index contributed by atoms with van der Waals surface area (Å²) in [5, 5.41) is 9.52. The SMILES string of the molecule is CCCCCCCCCCCCCCCC[C@H](CCCCCCCCCCCC)C(=O)O. The maximum absolute atomic E-state index is 11.6. The van der Waals surface area contributed by atoms with E-state index in [0.717, 1.165) is 25.7 Å². The number of carbonyl (C=O) groups is 1. The molecular weight excluding hydrogens is 392 g/mol. The van der Waals surface area contributed by atoms with Gasteiger partial charge in [-0.1, -0.05) is 168 Å². The summed E-state index contributed by atoms with van der Waals surface area (Å²) in [5.41, 5.74) is 0. The number of aliphatic carboxylic acids is 1. The van der Waals surface area contributed by atoms with Crippen molar-refractivity contribution in [3.8, 4) is 0 Å². The molecule has 0 amide bonds. The Morgan fingerprint density at radius 2 is 0.656 bits per heavy atom. The third kappa shape index (κ3) is 24.1. The molecule has 2 heteroatoms. The van der Waals surface area contributed by atoms with Gasteiger partial charge in [0, 0.05) is 0 Å². The molecule has 0 aromatic rings. The lowest BCUT2D eigenvalue weighted by Crippen LogP contribution is -2.13. The van der Waals surface area contributed by atoms with Crippen LogP contribution in [0.4, 0.5) is 0 Å². The van der Waals surface area contributed by atoms with E-state index in [0.29, 0.717) is 0 Å². The summed E-state index contributed by atoms with van der Waals surface area (Å²) in [6, 6.07) is 0. The van der Waals surface area contributed by atoms with Crippen molar-refractivity contribution < 1.29 is 9.90 Å². The topological polar surface area (TPSA) is 37.3 Å². The largest absolute Gasteiger partial charge is 0.481 e. The molecule has 0 aliphatic rings. The first-order valence-electron chi connectivity index (χ1n) is 14.9. The van der Waals surface area contributed by atoms with Crippen LogP contribution in [0.3, 0.4) is 0 Å². The molecule has 0 heterocycles. The Hall–Kier alpha value is -0.530. The van der Waals surface area contributed by atoms with Gasteiger partial charge in [-0.25, -0.2) is 0 Å². The molecule has 1 atom stereocenters. The highest BCUT2D eigenvalue weighted by Crippen LogP contribution is 2.20. The Bertz CT molecular complexity index is 366. The first kappa shape index (κ1) is 31.5. The van der Waals surface area contributed by atoms with Gasteiger partial charge in [0.05, 0.1) is 5.92 Å². The molecule has 0 spiro atoms. The second kappa shape index (κ2) is 26.7. The van der Waals surface area contributed by atoms with Crippen molar-refractivity contribution in [2.75, 3.05) is 0 Å². The number of rotatable bonds is 27. The van der Waals surface area contributed by atoms with Crippen LogP contribution in [0.25, 0.3) is 0 Å². The van der Waals surface area contributed by atoms with Crippen LogP contribution in [-0.4, -0.2) is 11.1 Å². The molecule has 0 aromatic carbocycles. The lowest BCUT2D eigenvalue weighted by molar-refractivity contribution is -0.142. The van der Waals surface area contributed by atoms with Gasteiger partial charge in [-0.05, 0) is 12.8 Å². The average molecular weight is 453 g/mol. The minimum Gasteiger partial charge on any atom is -0.481 e. The first-order chi connectivity index (χ1) is 15.7. The van der Waals surface area contributed by atoms with Crippen LogP contribution in [0.15, 0.2) is 0 Å². The minimum atomic E-state index is -0.560. The Kier molecular flexibility index (Phi) is 26.3. The number of hydrogen-bond donors (Lipinski definition) is 1. The molecular formula is C30H60O2. The van der Waals surface area contributed by atoms with Crippen molar-refractivity contribution in [2.45, 2.75) is 181 Å². The Balaban J connectivity index is 3.41. The van der Waals surface area contributed by atoms with Gasteiger partial charge >= 0.3 is 5.97 Å². The number of unbranched alkanes of at least 4 members (excludes halogenated alkanes) is 22. The van der Waals surface area contributed by atoms with Crippen LogP contribution in [0.5, 0.6) is 0 Å². The van der Waals surface area contributed by atoms with E-state index in [2.05, 4.69) is 13.8 Å². The second-order valence-corrected chi connectivity index (χ2v) is 10.4. The fourth-order valence-corrected chi connectivity index (χ4v) is 4.85. The molecule has 1 N–H and O–H groups in total. The fraction of sp³-hybridized carbons (Fsp3) is 0.967. The zero-order valence-corrected chi connectivity index (χ0v) is 22.3. The van der Waals surface area contributed by atoms with E-state index in [-0.39, 0.29) is 5.92 Å². The second-order valence-electron chi connectivity index (χ2n) is 10.4. The van der Waals surface area contributed by atoms with E-state index >= 15 is 0 Å². The number of hydrogen-bond acceptors (Lipinski definition) is 1. The van der Waals surface area contributed by atoms with Gasteiger partial charge in [-0.3, -0.25) is 4.79 Å². The summed E-state index contributed by atoms with van der Waals surface area (Å²) < 4.78 is 0. The molecule has 192 valence electrons. The molecule has 0 unspecified atom stereocenters. The van der Waals surface area contributed by atoms with Gasteiger partial charge in [0.25, 0.3) is 0 Å². The van der Waals surface area contributed by atoms with Crippen molar-refractivity contribution in [1.29, 1.82) is 0 Å². The van der Waals surface area contributed by atoms with Crippen LogP contribution in [-0.2, 0) is 4.79 Å². The molecule has 0 aliphatic heterocycles. The number of carboxylic acids is 1. The third-order valence-corrected chi connectivity index (χ3v) is 7.16. The normalized spacial score (nSPS) is 12.3. The van der Waals surface area contributed by atoms with Crippen molar-refractivity contribution >= 4 is 5.97 Å². The lowest BCUT2D eigenvalue weighted by atomic mass is 9.94. The van der Waals surface area contributed by atoms with Crippen molar-refractivity contribution in [3.05, 3.63) is 0 Å². The fourth-order valence-electron chi connectivity index (χ4n) is 4.85. The summed E-state index contributed by atoms with van der Waals surface area (Å²) in [7, 11) is 0. The van der Waals surface area contributed by atoms with E-state index in [4.69, 9.17) is 0 Å². The standard InChI is InChI=1S/C30H60O2/c1-3-5-7-9-11-13-15-16-17-18-20-22-24-26-28-29(30(31)32)27-25-23-21-19-14-12-10-8-6-4-2/h29H,3-28H2,1-2H3,(H,31,32)/t29-/m0/s1. The predicted octanol–water partition coefficient (Wildman–Crippen LogP) is 10.9. The average Bonchev–Trinajstić information content (AvgIpc) is 2.78. The highest BCUT2D eigenvalue weighted by molar-refractivity contribution is 5.69. The summed E-state index contributed by atoms with van der Waals surface area (Å²) in [6.07, 6.45) is 34.0. The summed E-state index contributed by atoms with van der Waals surface area (Å²) in [6.45, 7) is 4.55. The molecule has 32 heavy (non-hydrogen) atoms. The highest BCUT2D eigenvalue weighted by Gasteiger charge is 2.16.